The van der Waals surface area contributed by atoms with E-state index >= 15 is 0 Å². The van der Waals surface area contributed by atoms with Crippen LogP contribution in [-0.4, -0.2) is 18.1 Å². The molecule has 0 radical (unpaired) electrons. The molecule has 0 aromatic heterocycles. The minimum atomic E-state index is -0.00611. The molecule has 3 heteroatoms. The SMILES string of the molecule is CC1CCC(OC(=O)C2C3CCC(C3)C2N)CC1C. The van der Waals surface area contributed by atoms with Crippen molar-refractivity contribution in [3.63, 3.8) is 0 Å². The monoisotopic (exact) mass is 265 g/mol. The van der Waals surface area contributed by atoms with Gasteiger partial charge in [-0.15, -0.1) is 0 Å². The largest absolute Gasteiger partial charge is 0.462 e. The molecule has 3 fully saturated rings. The van der Waals surface area contributed by atoms with Crippen molar-refractivity contribution < 1.29 is 9.53 Å². The minimum absolute atomic E-state index is 0.00598. The summed E-state index contributed by atoms with van der Waals surface area (Å²) < 4.78 is 5.80. The molecule has 108 valence electrons. The van der Waals surface area contributed by atoms with Gasteiger partial charge in [-0.05, 0) is 62.2 Å². The van der Waals surface area contributed by atoms with E-state index in [4.69, 9.17) is 10.5 Å². The number of nitrogens with two attached hydrogens (primary N) is 1. The van der Waals surface area contributed by atoms with Gasteiger partial charge in [0.05, 0.1) is 5.92 Å². The Morgan fingerprint density at radius 1 is 1.00 bits per heavy atom. The van der Waals surface area contributed by atoms with Crippen LogP contribution in [0.2, 0.25) is 0 Å². The molecule has 2 bridgehead atoms. The van der Waals surface area contributed by atoms with E-state index in [0.29, 0.717) is 17.8 Å². The van der Waals surface area contributed by atoms with E-state index in [9.17, 15) is 4.79 Å². The molecule has 0 spiro atoms. The normalized spacial score (nSPS) is 49.3. The number of esters is 1. The first kappa shape index (κ1) is 13.4. The topological polar surface area (TPSA) is 52.3 Å². The molecular formula is C16H27NO2. The average molecular weight is 265 g/mol. The lowest BCUT2D eigenvalue weighted by atomic mass is 9.80. The van der Waals surface area contributed by atoms with Gasteiger partial charge in [0.25, 0.3) is 0 Å². The number of ether oxygens (including phenoxy) is 1. The molecule has 0 aromatic rings. The van der Waals surface area contributed by atoms with Gasteiger partial charge in [0.15, 0.2) is 0 Å². The summed E-state index contributed by atoms with van der Waals surface area (Å²) in [5.41, 5.74) is 6.22. The van der Waals surface area contributed by atoms with Gasteiger partial charge in [-0.3, -0.25) is 4.79 Å². The number of carbonyl (C=O) groups excluding carboxylic acids is 1. The van der Waals surface area contributed by atoms with E-state index in [2.05, 4.69) is 13.8 Å². The van der Waals surface area contributed by atoms with Crippen molar-refractivity contribution in [2.24, 2.45) is 35.3 Å². The smallest absolute Gasteiger partial charge is 0.311 e. The first-order valence-corrected chi connectivity index (χ1v) is 8.02. The number of fused-ring (bicyclic) bond motifs is 2. The van der Waals surface area contributed by atoms with Crippen LogP contribution in [0, 0.1) is 29.6 Å². The van der Waals surface area contributed by atoms with Crippen molar-refractivity contribution in [1.29, 1.82) is 0 Å². The molecule has 2 N–H and O–H groups in total. The summed E-state index contributed by atoms with van der Waals surface area (Å²) in [4.78, 5) is 12.4. The maximum absolute atomic E-state index is 12.4. The summed E-state index contributed by atoms with van der Waals surface area (Å²) in [5, 5.41) is 0. The van der Waals surface area contributed by atoms with Gasteiger partial charge in [0.2, 0.25) is 0 Å². The summed E-state index contributed by atoms with van der Waals surface area (Å²) in [5.74, 6) is 2.51. The second kappa shape index (κ2) is 5.08. The van der Waals surface area contributed by atoms with Crippen molar-refractivity contribution in [3.05, 3.63) is 0 Å². The van der Waals surface area contributed by atoms with E-state index in [1.54, 1.807) is 0 Å². The fourth-order valence-electron chi connectivity index (χ4n) is 4.53. The van der Waals surface area contributed by atoms with Crippen LogP contribution in [0.15, 0.2) is 0 Å². The van der Waals surface area contributed by atoms with Crippen LogP contribution in [0.1, 0.15) is 52.4 Å². The van der Waals surface area contributed by atoms with Crippen LogP contribution in [0.5, 0.6) is 0 Å². The third kappa shape index (κ3) is 2.42. The number of carbonyl (C=O) groups is 1. The highest BCUT2D eigenvalue weighted by Crippen LogP contribution is 2.48. The minimum Gasteiger partial charge on any atom is -0.462 e. The second-order valence-electron chi connectivity index (χ2n) is 7.26. The number of rotatable bonds is 2. The Hall–Kier alpha value is -0.570. The molecule has 3 aliphatic rings. The number of hydrogen-bond acceptors (Lipinski definition) is 3. The fraction of sp³-hybridized carbons (Fsp3) is 0.938. The van der Waals surface area contributed by atoms with E-state index in [1.165, 1.54) is 19.3 Å². The van der Waals surface area contributed by atoms with Gasteiger partial charge in [-0.1, -0.05) is 13.8 Å². The van der Waals surface area contributed by atoms with Gasteiger partial charge in [-0.2, -0.15) is 0 Å². The summed E-state index contributed by atoms with van der Waals surface area (Å²) in [6, 6.07) is 0.0613. The zero-order valence-corrected chi connectivity index (χ0v) is 12.2. The van der Waals surface area contributed by atoms with E-state index in [1.807, 2.05) is 0 Å². The van der Waals surface area contributed by atoms with Crippen molar-refractivity contribution in [2.75, 3.05) is 0 Å². The molecule has 0 amide bonds. The first-order chi connectivity index (χ1) is 9.06. The zero-order chi connectivity index (χ0) is 13.6. The molecule has 3 rings (SSSR count). The van der Waals surface area contributed by atoms with Crippen molar-refractivity contribution in [2.45, 2.75) is 64.5 Å². The standard InChI is InChI=1S/C16H27NO2/c1-9-3-6-13(7-10(9)2)19-16(18)14-11-4-5-12(8-11)15(14)17/h9-15H,3-8,17H2,1-2H3. The lowest BCUT2D eigenvalue weighted by Gasteiger charge is -2.34. The number of hydrogen-bond donors (Lipinski definition) is 1. The third-order valence-corrected chi connectivity index (χ3v) is 6.09. The molecule has 3 nitrogen and oxygen atoms in total. The van der Waals surface area contributed by atoms with Crippen LogP contribution in [-0.2, 0) is 9.53 Å². The predicted molar refractivity (Wildman–Crippen MR) is 74.4 cm³/mol. The lowest BCUT2D eigenvalue weighted by molar-refractivity contribution is -0.159. The molecule has 3 saturated carbocycles. The Morgan fingerprint density at radius 3 is 2.37 bits per heavy atom. The Morgan fingerprint density at radius 2 is 1.74 bits per heavy atom. The molecule has 0 saturated heterocycles. The van der Waals surface area contributed by atoms with Crippen molar-refractivity contribution in [1.82, 2.24) is 0 Å². The quantitative estimate of drug-likeness (QED) is 0.781. The molecule has 19 heavy (non-hydrogen) atoms. The van der Waals surface area contributed by atoms with Gasteiger partial charge in [-0.25, -0.2) is 0 Å². The predicted octanol–water partition coefficient (Wildman–Crippen LogP) is 2.73. The first-order valence-electron chi connectivity index (χ1n) is 8.02. The molecule has 0 aromatic carbocycles. The molecule has 7 unspecified atom stereocenters. The van der Waals surface area contributed by atoms with Crippen LogP contribution < -0.4 is 5.73 Å². The van der Waals surface area contributed by atoms with E-state index in [0.717, 1.165) is 25.2 Å². The zero-order valence-electron chi connectivity index (χ0n) is 12.2. The van der Waals surface area contributed by atoms with Crippen LogP contribution in [0.25, 0.3) is 0 Å². The van der Waals surface area contributed by atoms with Crippen LogP contribution in [0.3, 0.4) is 0 Å². The second-order valence-corrected chi connectivity index (χ2v) is 7.26. The van der Waals surface area contributed by atoms with Crippen LogP contribution in [0.4, 0.5) is 0 Å². The average Bonchev–Trinajstić information content (AvgIpc) is 2.94. The maximum Gasteiger partial charge on any atom is 0.311 e. The molecule has 0 heterocycles. The Kier molecular flexibility index (Phi) is 3.59. The molecule has 3 aliphatic carbocycles. The van der Waals surface area contributed by atoms with E-state index in [-0.39, 0.29) is 24.0 Å². The highest BCUT2D eigenvalue weighted by molar-refractivity contribution is 5.74. The molecular weight excluding hydrogens is 238 g/mol. The third-order valence-electron chi connectivity index (χ3n) is 6.09. The Bertz CT molecular complexity index is 355. The van der Waals surface area contributed by atoms with Gasteiger partial charge >= 0.3 is 5.97 Å². The van der Waals surface area contributed by atoms with Crippen molar-refractivity contribution in [3.8, 4) is 0 Å². The van der Waals surface area contributed by atoms with Gasteiger partial charge in [0.1, 0.15) is 6.10 Å². The lowest BCUT2D eigenvalue weighted by Crippen LogP contribution is -2.42. The van der Waals surface area contributed by atoms with Gasteiger partial charge < -0.3 is 10.5 Å². The van der Waals surface area contributed by atoms with Gasteiger partial charge in [0, 0.05) is 6.04 Å². The summed E-state index contributed by atoms with van der Waals surface area (Å²) >= 11 is 0. The van der Waals surface area contributed by atoms with Crippen LogP contribution >= 0.6 is 0 Å². The highest BCUT2D eigenvalue weighted by Gasteiger charge is 2.50. The molecule has 0 aliphatic heterocycles. The molecule has 7 atom stereocenters. The van der Waals surface area contributed by atoms with Crippen molar-refractivity contribution >= 4 is 5.97 Å². The van der Waals surface area contributed by atoms with E-state index < -0.39 is 0 Å². The Labute approximate surface area is 116 Å². The highest BCUT2D eigenvalue weighted by atomic mass is 16.5. The summed E-state index contributed by atoms with van der Waals surface area (Å²) in [7, 11) is 0. The Balaban J connectivity index is 1.57. The maximum atomic E-state index is 12.4. The summed E-state index contributed by atoms with van der Waals surface area (Å²) in [6.45, 7) is 4.57. The summed E-state index contributed by atoms with van der Waals surface area (Å²) in [6.07, 6.45) is 6.94. The fourth-order valence-corrected chi connectivity index (χ4v) is 4.53.